The second-order valence-electron chi connectivity index (χ2n) is 6.87. The minimum atomic E-state index is -0.844. The molecule has 0 aromatic carbocycles. The molecular weight excluding hydrogens is 387 g/mol. The second-order valence-corrected chi connectivity index (χ2v) is 7.23. The quantitative estimate of drug-likeness (QED) is 0.519. The van der Waals surface area contributed by atoms with Gasteiger partial charge in [0.05, 0.1) is 23.1 Å². The number of aromatic nitrogens is 6. The third kappa shape index (κ3) is 2.54. The van der Waals surface area contributed by atoms with Crippen LogP contribution >= 0.6 is 11.6 Å². The fourth-order valence-corrected chi connectivity index (χ4v) is 3.55. The van der Waals surface area contributed by atoms with E-state index in [4.69, 9.17) is 11.6 Å². The summed E-state index contributed by atoms with van der Waals surface area (Å²) in [5.74, 6) is -0.872. The average Bonchev–Trinajstić information content (AvgIpc) is 2.97. The van der Waals surface area contributed by atoms with E-state index >= 15 is 0 Å². The first-order valence-corrected chi connectivity index (χ1v) is 8.91. The van der Waals surface area contributed by atoms with Crippen LogP contribution in [0.2, 0.25) is 5.15 Å². The van der Waals surface area contributed by atoms with Gasteiger partial charge in [-0.25, -0.2) is 28.7 Å². The molecule has 4 rings (SSSR count). The molecule has 0 saturated carbocycles. The first-order chi connectivity index (χ1) is 13.2. The average molecular weight is 403 g/mol. The lowest BCUT2D eigenvalue weighted by Gasteiger charge is -2.18. The van der Waals surface area contributed by atoms with Crippen molar-refractivity contribution in [1.82, 2.24) is 29.1 Å². The molecule has 0 saturated heterocycles. The monoisotopic (exact) mass is 402 g/mol. The highest BCUT2D eigenvalue weighted by Crippen LogP contribution is 2.32. The molecule has 0 aliphatic rings. The van der Waals surface area contributed by atoms with Crippen molar-refractivity contribution in [2.45, 2.75) is 26.7 Å². The standard InChI is InChI=1S/C18H16ClFN6O2/c1-7(2)11-12-16(25(4)6-21-12)22-8(3)13(11)26-15-9(17(27)24-18(26)28)5-10(20)14(19)23-15/h5-7H,1-4H3,(H,24,27,28). The van der Waals surface area contributed by atoms with Crippen LogP contribution in [0, 0.1) is 12.7 Å². The molecule has 0 aliphatic carbocycles. The summed E-state index contributed by atoms with van der Waals surface area (Å²) in [4.78, 5) is 40.2. The maximum absolute atomic E-state index is 13.9. The highest BCUT2D eigenvalue weighted by atomic mass is 35.5. The van der Waals surface area contributed by atoms with Gasteiger partial charge < -0.3 is 4.57 Å². The minimum Gasteiger partial charge on any atom is -0.318 e. The summed E-state index contributed by atoms with van der Waals surface area (Å²) < 4.78 is 16.9. The Morgan fingerprint density at radius 2 is 1.93 bits per heavy atom. The van der Waals surface area contributed by atoms with Crippen LogP contribution < -0.4 is 11.2 Å². The van der Waals surface area contributed by atoms with Crippen molar-refractivity contribution in [2.24, 2.45) is 7.05 Å². The Bertz CT molecular complexity index is 1390. The Kier molecular flexibility index (Phi) is 4.07. The van der Waals surface area contributed by atoms with Gasteiger partial charge in [0.25, 0.3) is 5.56 Å². The molecule has 0 bridgehead atoms. The second kappa shape index (κ2) is 6.23. The van der Waals surface area contributed by atoms with Gasteiger partial charge in [-0.3, -0.25) is 9.78 Å². The number of halogens is 2. The molecule has 0 fully saturated rings. The van der Waals surface area contributed by atoms with Gasteiger partial charge in [0.1, 0.15) is 5.52 Å². The number of H-pyrrole nitrogens is 1. The van der Waals surface area contributed by atoms with Gasteiger partial charge in [-0.2, -0.15) is 0 Å². The zero-order valence-electron chi connectivity index (χ0n) is 15.5. The van der Waals surface area contributed by atoms with Crippen LogP contribution in [-0.2, 0) is 7.05 Å². The fourth-order valence-electron chi connectivity index (χ4n) is 3.41. The number of pyridine rings is 2. The van der Waals surface area contributed by atoms with Crippen LogP contribution in [0.1, 0.15) is 31.0 Å². The topological polar surface area (TPSA) is 98.5 Å². The summed E-state index contributed by atoms with van der Waals surface area (Å²) in [6.45, 7) is 5.68. The number of rotatable bonds is 2. The van der Waals surface area contributed by atoms with Gasteiger partial charge in [0, 0.05) is 12.6 Å². The summed E-state index contributed by atoms with van der Waals surface area (Å²) >= 11 is 5.85. The van der Waals surface area contributed by atoms with Crippen LogP contribution in [0.5, 0.6) is 0 Å². The first-order valence-electron chi connectivity index (χ1n) is 8.53. The first kappa shape index (κ1) is 18.3. The lowest BCUT2D eigenvalue weighted by molar-refractivity contribution is 0.623. The SMILES string of the molecule is Cc1nc2c(ncn2C)c(C(C)C)c1-n1c(=O)[nH]c(=O)c2cc(F)c(Cl)nc21. The van der Waals surface area contributed by atoms with Gasteiger partial charge in [-0.1, -0.05) is 25.4 Å². The molecule has 0 amide bonds. The number of nitrogens with one attached hydrogen (secondary N) is 1. The number of fused-ring (bicyclic) bond motifs is 2. The number of imidazole rings is 1. The summed E-state index contributed by atoms with van der Waals surface area (Å²) in [6, 6.07) is 0.969. The number of hydrogen-bond acceptors (Lipinski definition) is 5. The Labute approximate surface area is 162 Å². The van der Waals surface area contributed by atoms with Crippen molar-refractivity contribution in [3.8, 4) is 5.69 Å². The number of aryl methyl sites for hydroxylation is 2. The number of nitrogens with zero attached hydrogens (tertiary/aromatic N) is 5. The highest BCUT2D eigenvalue weighted by molar-refractivity contribution is 6.29. The molecule has 28 heavy (non-hydrogen) atoms. The molecular formula is C18H16ClFN6O2. The van der Waals surface area contributed by atoms with E-state index in [1.54, 1.807) is 17.8 Å². The molecule has 4 aromatic rings. The van der Waals surface area contributed by atoms with Crippen LogP contribution in [0.4, 0.5) is 4.39 Å². The van der Waals surface area contributed by atoms with Gasteiger partial charge in [-0.05, 0) is 18.9 Å². The van der Waals surface area contributed by atoms with E-state index in [-0.39, 0.29) is 17.0 Å². The van der Waals surface area contributed by atoms with Gasteiger partial charge in [-0.15, -0.1) is 0 Å². The van der Waals surface area contributed by atoms with Gasteiger partial charge >= 0.3 is 5.69 Å². The summed E-state index contributed by atoms with van der Waals surface area (Å²) in [5.41, 5.74) is 1.56. The molecule has 10 heteroatoms. The van der Waals surface area contributed by atoms with E-state index < -0.39 is 22.2 Å². The van der Waals surface area contributed by atoms with E-state index in [0.29, 0.717) is 22.5 Å². The molecule has 144 valence electrons. The van der Waals surface area contributed by atoms with Crippen molar-refractivity contribution in [1.29, 1.82) is 0 Å². The Balaban J connectivity index is 2.27. The zero-order chi connectivity index (χ0) is 20.3. The minimum absolute atomic E-state index is 0.0288. The molecule has 1 N–H and O–H groups in total. The summed E-state index contributed by atoms with van der Waals surface area (Å²) in [6.07, 6.45) is 1.64. The maximum Gasteiger partial charge on any atom is 0.334 e. The predicted molar refractivity (Wildman–Crippen MR) is 104 cm³/mol. The zero-order valence-corrected chi connectivity index (χ0v) is 16.3. The van der Waals surface area contributed by atoms with Gasteiger partial charge in [0.2, 0.25) is 0 Å². The number of hydrogen-bond donors (Lipinski definition) is 1. The molecule has 0 spiro atoms. The van der Waals surface area contributed by atoms with E-state index in [9.17, 15) is 14.0 Å². The van der Waals surface area contributed by atoms with Crippen molar-refractivity contribution in [2.75, 3.05) is 0 Å². The largest absolute Gasteiger partial charge is 0.334 e. The number of aromatic amines is 1. The molecule has 0 aliphatic heterocycles. The van der Waals surface area contributed by atoms with E-state index in [1.165, 1.54) is 4.57 Å². The third-order valence-corrected chi connectivity index (χ3v) is 4.89. The highest BCUT2D eigenvalue weighted by Gasteiger charge is 2.23. The summed E-state index contributed by atoms with van der Waals surface area (Å²) in [7, 11) is 1.83. The van der Waals surface area contributed by atoms with Crippen LogP contribution in [0.25, 0.3) is 27.9 Å². The summed E-state index contributed by atoms with van der Waals surface area (Å²) in [5, 5.41) is -0.515. The van der Waals surface area contributed by atoms with Crippen LogP contribution in [-0.4, -0.2) is 29.1 Å². The molecule has 0 radical (unpaired) electrons. The van der Waals surface area contributed by atoms with Crippen LogP contribution in [0.15, 0.2) is 22.0 Å². The van der Waals surface area contributed by atoms with Crippen molar-refractivity contribution in [3.05, 3.63) is 55.5 Å². The lowest BCUT2D eigenvalue weighted by Crippen LogP contribution is -2.31. The Morgan fingerprint density at radius 1 is 1.21 bits per heavy atom. The predicted octanol–water partition coefficient (Wildman–Crippen LogP) is 2.58. The fraction of sp³-hybridized carbons (Fsp3) is 0.278. The van der Waals surface area contributed by atoms with Crippen molar-refractivity contribution in [3.63, 3.8) is 0 Å². The molecule has 4 heterocycles. The van der Waals surface area contributed by atoms with Gasteiger partial charge in [0.15, 0.2) is 22.3 Å². The Hall–Kier alpha value is -3.07. The van der Waals surface area contributed by atoms with E-state index in [0.717, 1.165) is 11.6 Å². The molecule has 4 aromatic heterocycles. The van der Waals surface area contributed by atoms with Crippen molar-refractivity contribution >= 4 is 33.8 Å². The molecule has 0 atom stereocenters. The lowest BCUT2D eigenvalue weighted by atomic mass is 9.99. The third-order valence-electron chi connectivity index (χ3n) is 4.63. The normalized spacial score (nSPS) is 11.8. The smallest absolute Gasteiger partial charge is 0.318 e. The van der Waals surface area contributed by atoms with E-state index in [2.05, 4.69) is 19.9 Å². The Morgan fingerprint density at radius 3 is 2.61 bits per heavy atom. The van der Waals surface area contributed by atoms with Crippen LogP contribution in [0.3, 0.4) is 0 Å². The van der Waals surface area contributed by atoms with E-state index in [1.807, 2.05) is 20.9 Å². The van der Waals surface area contributed by atoms with Crippen molar-refractivity contribution < 1.29 is 4.39 Å². The molecule has 0 unspecified atom stereocenters. The molecule has 8 nitrogen and oxygen atoms in total. The maximum atomic E-state index is 13.9.